The van der Waals surface area contributed by atoms with Crippen molar-refractivity contribution in [3.8, 4) is 44.5 Å². The number of fused-ring (bicyclic) bond motifs is 6. The molecule has 0 spiro atoms. The van der Waals surface area contributed by atoms with Crippen molar-refractivity contribution in [3.63, 3.8) is 0 Å². The van der Waals surface area contributed by atoms with Gasteiger partial charge in [0.1, 0.15) is 0 Å². The van der Waals surface area contributed by atoms with Crippen LogP contribution in [-0.2, 0) is 5.41 Å². The Morgan fingerprint density at radius 3 is 1.49 bits per heavy atom. The SMILES string of the molecule is CC1(C)c2ccccc2-c2c(-c3ccc4cc(-c5c6ccccc6c(-c6ccccc6)c6ccccc56)ccc4c3)cccc21. The van der Waals surface area contributed by atoms with Gasteiger partial charge in [-0.25, -0.2) is 0 Å². The van der Waals surface area contributed by atoms with Gasteiger partial charge in [-0.15, -0.1) is 0 Å². The van der Waals surface area contributed by atoms with Crippen molar-refractivity contribution in [3.05, 3.63) is 169 Å². The number of hydrogen-bond acceptors (Lipinski definition) is 0. The predicted molar refractivity (Wildman–Crippen MR) is 193 cm³/mol. The Balaban J connectivity index is 1.23. The summed E-state index contributed by atoms with van der Waals surface area (Å²) in [6.45, 7) is 4.70. The summed E-state index contributed by atoms with van der Waals surface area (Å²) in [7, 11) is 0. The fourth-order valence-electron chi connectivity index (χ4n) is 7.92. The van der Waals surface area contributed by atoms with Crippen LogP contribution in [0.3, 0.4) is 0 Å². The molecule has 0 fully saturated rings. The molecule has 8 aromatic rings. The van der Waals surface area contributed by atoms with Crippen LogP contribution in [0, 0.1) is 0 Å². The lowest BCUT2D eigenvalue weighted by Gasteiger charge is -2.21. The molecule has 212 valence electrons. The summed E-state index contributed by atoms with van der Waals surface area (Å²) in [5, 5.41) is 7.65. The van der Waals surface area contributed by atoms with Crippen molar-refractivity contribution in [2.75, 3.05) is 0 Å². The quantitative estimate of drug-likeness (QED) is 0.185. The third kappa shape index (κ3) is 3.85. The monoisotopic (exact) mass is 572 g/mol. The third-order valence-electron chi connectivity index (χ3n) is 10.0. The molecule has 0 heteroatoms. The smallest absolute Gasteiger partial charge is 0.0159 e. The van der Waals surface area contributed by atoms with E-state index in [0.29, 0.717) is 0 Å². The molecule has 1 aliphatic carbocycles. The van der Waals surface area contributed by atoms with E-state index in [1.807, 2.05) is 0 Å². The Morgan fingerprint density at radius 2 is 0.822 bits per heavy atom. The molecule has 45 heavy (non-hydrogen) atoms. The molecule has 0 N–H and O–H groups in total. The van der Waals surface area contributed by atoms with E-state index in [9.17, 15) is 0 Å². The zero-order valence-corrected chi connectivity index (χ0v) is 25.5. The van der Waals surface area contributed by atoms with E-state index in [0.717, 1.165) is 0 Å². The minimum atomic E-state index is -0.00467. The van der Waals surface area contributed by atoms with Gasteiger partial charge in [0.2, 0.25) is 0 Å². The summed E-state index contributed by atoms with van der Waals surface area (Å²) >= 11 is 0. The lowest BCUT2D eigenvalue weighted by molar-refractivity contribution is 0.660. The maximum atomic E-state index is 2.38. The van der Waals surface area contributed by atoms with Crippen LogP contribution < -0.4 is 0 Å². The fraction of sp³-hybridized carbons (Fsp3) is 0.0667. The van der Waals surface area contributed by atoms with Gasteiger partial charge in [0.25, 0.3) is 0 Å². The van der Waals surface area contributed by atoms with Crippen LogP contribution in [0.5, 0.6) is 0 Å². The average Bonchev–Trinajstić information content (AvgIpc) is 3.33. The van der Waals surface area contributed by atoms with Gasteiger partial charge in [0.15, 0.2) is 0 Å². The van der Waals surface area contributed by atoms with Gasteiger partial charge in [-0.3, -0.25) is 0 Å². The van der Waals surface area contributed by atoms with E-state index in [1.165, 1.54) is 88.0 Å². The van der Waals surface area contributed by atoms with Gasteiger partial charge in [-0.1, -0.05) is 159 Å². The standard InChI is InChI=1S/C45H32/c1-45(2)40-21-11-10-19-39(40)44-34(20-12-22-41(44)45)32-25-23-31-28-33(26-24-30(31)27-32)43-37-17-8-6-15-35(37)42(29-13-4-3-5-14-29)36-16-7-9-18-38(36)43/h3-28H,1-2H3. The first-order valence-corrected chi connectivity index (χ1v) is 15.9. The normalized spacial score (nSPS) is 13.3. The molecule has 0 nitrogen and oxygen atoms in total. The Kier molecular flexibility index (Phi) is 5.64. The Labute approximate surface area is 264 Å². The second-order valence-electron chi connectivity index (χ2n) is 12.9. The van der Waals surface area contributed by atoms with E-state index in [1.54, 1.807) is 0 Å². The van der Waals surface area contributed by atoms with E-state index in [4.69, 9.17) is 0 Å². The number of hydrogen-bond donors (Lipinski definition) is 0. The minimum absolute atomic E-state index is 0.00467. The first-order chi connectivity index (χ1) is 22.1. The summed E-state index contributed by atoms with van der Waals surface area (Å²) in [5.74, 6) is 0. The van der Waals surface area contributed by atoms with Gasteiger partial charge in [-0.2, -0.15) is 0 Å². The molecule has 0 aromatic heterocycles. The van der Waals surface area contributed by atoms with Crippen LogP contribution >= 0.6 is 0 Å². The van der Waals surface area contributed by atoms with E-state index in [-0.39, 0.29) is 5.41 Å². The van der Waals surface area contributed by atoms with Crippen molar-refractivity contribution >= 4 is 32.3 Å². The van der Waals surface area contributed by atoms with Crippen LogP contribution in [0.1, 0.15) is 25.0 Å². The maximum Gasteiger partial charge on any atom is 0.0159 e. The van der Waals surface area contributed by atoms with Crippen LogP contribution in [0.15, 0.2) is 158 Å². The highest BCUT2D eigenvalue weighted by Crippen LogP contribution is 2.52. The van der Waals surface area contributed by atoms with Crippen molar-refractivity contribution in [2.24, 2.45) is 0 Å². The molecule has 0 radical (unpaired) electrons. The number of benzene rings is 8. The summed E-state index contributed by atoms with van der Waals surface area (Å²) in [5.41, 5.74) is 13.2. The molecule has 0 bridgehead atoms. The number of rotatable bonds is 3. The highest BCUT2D eigenvalue weighted by Gasteiger charge is 2.36. The largest absolute Gasteiger partial charge is 0.0622 e. The first kappa shape index (κ1) is 26.0. The lowest BCUT2D eigenvalue weighted by atomic mass is 9.82. The van der Waals surface area contributed by atoms with Crippen molar-refractivity contribution in [1.82, 2.24) is 0 Å². The molecule has 0 saturated heterocycles. The van der Waals surface area contributed by atoms with Crippen molar-refractivity contribution in [1.29, 1.82) is 0 Å². The second kappa shape index (κ2) is 9.78. The molecule has 0 heterocycles. The fourth-order valence-corrected chi connectivity index (χ4v) is 7.92. The highest BCUT2D eigenvalue weighted by molar-refractivity contribution is 6.21. The van der Waals surface area contributed by atoms with Crippen molar-refractivity contribution < 1.29 is 0 Å². The molecule has 0 atom stereocenters. The van der Waals surface area contributed by atoms with Crippen molar-refractivity contribution in [2.45, 2.75) is 19.3 Å². The summed E-state index contributed by atoms with van der Waals surface area (Å²) < 4.78 is 0. The molecule has 9 rings (SSSR count). The molecule has 0 unspecified atom stereocenters. The average molecular weight is 573 g/mol. The minimum Gasteiger partial charge on any atom is -0.0622 e. The maximum absolute atomic E-state index is 2.38. The Morgan fingerprint density at radius 1 is 0.333 bits per heavy atom. The lowest BCUT2D eigenvalue weighted by Crippen LogP contribution is -2.14. The van der Waals surface area contributed by atoms with Gasteiger partial charge in [-0.05, 0) is 100 Å². The van der Waals surface area contributed by atoms with Crippen LogP contribution in [0.4, 0.5) is 0 Å². The molecule has 8 aromatic carbocycles. The van der Waals surface area contributed by atoms with Gasteiger partial charge in [0, 0.05) is 5.41 Å². The zero-order chi connectivity index (χ0) is 30.1. The van der Waals surface area contributed by atoms with Gasteiger partial charge >= 0.3 is 0 Å². The highest BCUT2D eigenvalue weighted by atomic mass is 14.4. The molecule has 0 aliphatic heterocycles. The van der Waals surface area contributed by atoms with E-state index in [2.05, 4.69) is 172 Å². The van der Waals surface area contributed by atoms with Crippen LogP contribution in [-0.4, -0.2) is 0 Å². The molecule has 0 amide bonds. The van der Waals surface area contributed by atoms with Gasteiger partial charge < -0.3 is 0 Å². The zero-order valence-electron chi connectivity index (χ0n) is 25.5. The first-order valence-electron chi connectivity index (χ1n) is 15.9. The Hall–Kier alpha value is -5.46. The summed E-state index contributed by atoms with van der Waals surface area (Å²) in [6.07, 6.45) is 0. The van der Waals surface area contributed by atoms with Crippen LogP contribution in [0.2, 0.25) is 0 Å². The third-order valence-corrected chi connectivity index (χ3v) is 10.0. The predicted octanol–water partition coefficient (Wildman–Crippen LogP) is 12.5. The summed E-state index contributed by atoms with van der Waals surface area (Å²) in [6, 6.07) is 58.3. The second-order valence-corrected chi connectivity index (χ2v) is 12.9. The molecular formula is C45H32. The van der Waals surface area contributed by atoms with E-state index < -0.39 is 0 Å². The molecule has 1 aliphatic rings. The van der Waals surface area contributed by atoms with E-state index >= 15 is 0 Å². The molecular weight excluding hydrogens is 540 g/mol. The Bertz CT molecular complexity index is 2390. The topological polar surface area (TPSA) is 0 Å². The van der Waals surface area contributed by atoms with Gasteiger partial charge in [0.05, 0.1) is 0 Å². The summed E-state index contributed by atoms with van der Waals surface area (Å²) in [4.78, 5) is 0. The van der Waals surface area contributed by atoms with Crippen LogP contribution in [0.25, 0.3) is 76.8 Å². The molecule has 0 saturated carbocycles.